The van der Waals surface area contributed by atoms with Crippen LogP contribution < -0.4 is 9.47 Å². The van der Waals surface area contributed by atoms with Gasteiger partial charge in [-0.05, 0) is 6.07 Å². The molecule has 0 aliphatic carbocycles. The molecule has 0 amide bonds. The molecule has 0 atom stereocenters. The maximum absolute atomic E-state index is 9.07. The van der Waals surface area contributed by atoms with Gasteiger partial charge in [-0.25, -0.2) is 0 Å². The number of rotatable bonds is 5. The summed E-state index contributed by atoms with van der Waals surface area (Å²) in [4.78, 5) is 0. The lowest BCUT2D eigenvalue weighted by molar-refractivity contribution is 0.260. The van der Waals surface area contributed by atoms with Crippen LogP contribution in [0.3, 0.4) is 0 Å². The van der Waals surface area contributed by atoms with Crippen LogP contribution in [0, 0.1) is 0 Å². The van der Waals surface area contributed by atoms with Gasteiger partial charge in [0.15, 0.2) is 11.5 Å². The number of aliphatic hydroxyl groups excluding tert-OH is 1. The van der Waals surface area contributed by atoms with Gasteiger partial charge in [0.2, 0.25) is 0 Å². The van der Waals surface area contributed by atoms with Crippen LogP contribution in [0.2, 0.25) is 6.32 Å². The maximum Gasteiger partial charge on any atom is 0.166 e. The van der Waals surface area contributed by atoms with Crippen molar-refractivity contribution < 1.29 is 14.6 Å². The highest BCUT2D eigenvalue weighted by Crippen LogP contribution is 2.30. The minimum Gasteiger partial charge on any atom is -0.493 e. The smallest absolute Gasteiger partial charge is 0.166 e. The third-order valence-electron chi connectivity index (χ3n) is 1.81. The molecular weight excluding hydrogens is 179 g/mol. The number of aliphatic hydroxyl groups is 1. The number of ether oxygens (including phenoxy) is 2. The van der Waals surface area contributed by atoms with Gasteiger partial charge in [-0.3, -0.25) is 0 Å². The van der Waals surface area contributed by atoms with Crippen LogP contribution in [0.25, 0.3) is 0 Å². The molecule has 0 aliphatic heterocycles. The summed E-state index contributed by atoms with van der Waals surface area (Å²) < 4.78 is 10.5. The molecular formula is C10H13BO3. The van der Waals surface area contributed by atoms with Gasteiger partial charge in [-0.2, -0.15) is 0 Å². The Hall–Kier alpha value is -1.16. The van der Waals surface area contributed by atoms with Crippen molar-refractivity contribution in [2.45, 2.75) is 12.9 Å². The molecule has 1 aromatic carbocycles. The summed E-state index contributed by atoms with van der Waals surface area (Å²) in [5.74, 6) is 1.19. The van der Waals surface area contributed by atoms with E-state index >= 15 is 0 Å². The Morgan fingerprint density at radius 2 is 2.21 bits per heavy atom. The topological polar surface area (TPSA) is 38.7 Å². The van der Waals surface area contributed by atoms with Crippen LogP contribution >= 0.6 is 0 Å². The van der Waals surface area contributed by atoms with Crippen molar-refractivity contribution in [3.05, 3.63) is 23.8 Å². The average molecular weight is 192 g/mol. The fraction of sp³-hybridized carbons (Fsp3) is 0.400. The summed E-state index contributed by atoms with van der Waals surface area (Å²) in [6, 6.07) is 5.37. The maximum atomic E-state index is 9.07. The van der Waals surface area contributed by atoms with Gasteiger partial charge in [0, 0.05) is 5.56 Å². The van der Waals surface area contributed by atoms with Gasteiger partial charge >= 0.3 is 0 Å². The van der Waals surface area contributed by atoms with E-state index in [4.69, 9.17) is 22.4 Å². The SMILES string of the molecule is [B]CCOc1c(CO)cccc1OC. The van der Waals surface area contributed by atoms with Crippen molar-refractivity contribution in [1.29, 1.82) is 0 Å². The van der Waals surface area contributed by atoms with Crippen molar-refractivity contribution in [3.8, 4) is 11.5 Å². The summed E-state index contributed by atoms with van der Waals surface area (Å²) in [6.45, 7) is 0.338. The van der Waals surface area contributed by atoms with E-state index in [-0.39, 0.29) is 6.61 Å². The zero-order valence-electron chi connectivity index (χ0n) is 8.19. The number of benzene rings is 1. The first-order chi connectivity index (χ1) is 6.83. The molecule has 0 bridgehead atoms. The summed E-state index contributed by atoms with van der Waals surface area (Å²) in [5, 5.41) is 9.07. The molecule has 74 valence electrons. The van der Waals surface area contributed by atoms with Gasteiger partial charge in [0.25, 0.3) is 0 Å². The van der Waals surface area contributed by atoms with Crippen molar-refractivity contribution in [2.24, 2.45) is 0 Å². The van der Waals surface area contributed by atoms with Crippen molar-refractivity contribution in [3.63, 3.8) is 0 Å². The number of hydrogen-bond acceptors (Lipinski definition) is 3. The average Bonchev–Trinajstić information content (AvgIpc) is 2.25. The molecule has 0 spiro atoms. The summed E-state index contributed by atoms with van der Waals surface area (Å²) in [7, 11) is 6.89. The number of hydrogen-bond donors (Lipinski definition) is 1. The molecule has 0 saturated carbocycles. The Kier molecular flexibility index (Phi) is 4.33. The fourth-order valence-corrected chi connectivity index (χ4v) is 1.17. The molecule has 0 aliphatic rings. The predicted octanol–water partition coefficient (Wildman–Crippen LogP) is 1.15. The van der Waals surface area contributed by atoms with E-state index in [9.17, 15) is 0 Å². The molecule has 0 saturated heterocycles. The monoisotopic (exact) mass is 192 g/mol. The van der Waals surface area contributed by atoms with Crippen molar-refractivity contribution >= 4 is 7.85 Å². The molecule has 1 rings (SSSR count). The standard InChI is InChI=1S/C10H13BO3/c1-13-9-4-2-3-8(7-12)10(9)14-6-5-11/h2-4,12H,5-7H2,1H3. The largest absolute Gasteiger partial charge is 0.493 e. The fourth-order valence-electron chi connectivity index (χ4n) is 1.17. The van der Waals surface area contributed by atoms with E-state index in [0.29, 0.717) is 30.0 Å². The first-order valence-corrected chi connectivity index (χ1v) is 4.43. The highest BCUT2D eigenvalue weighted by atomic mass is 16.5. The van der Waals surface area contributed by atoms with Crippen molar-refractivity contribution in [1.82, 2.24) is 0 Å². The molecule has 0 heterocycles. The van der Waals surface area contributed by atoms with Gasteiger partial charge < -0.3 is 14.6 Å². The molecule has 1 aromatic rings. The highest BCUT2D eigenvalue weighted by Gasteiger charge is 2.08. The third-order valence-corrected chi connectivity index (χ3v) is 1.81. The summed E-state index contributed by atoms with van der Waals surface area (Å²) >= 11 is 0. The molecule has 2 radical (unpaired) electrons. The molecule has 3 nitrogen and oxygen atoms in total. The first-order valence-electron chi connectivity index (χ1n) is 4.43. The number of methoxy groups -OCH3 is 1. The van der Waals surface area contributed by atoms with E-state index in [2.05, 4.69) is 0 Å². The van der Waals surface area contributed by atoms with Crippen LogP contribution in [0.15, 0.2) is 18.2 Å². The van der Waals surface area contributed by atoms with Gasteiger partial charge in [-0.15, -0.1) is 0 Å². The molecule has 14 heavy (non-hydrogen) atoms. The summed E-state index contributed by atoms with van der Waals surface area (Å²) in [6.07, 6.45) is 0.433. The van der Waals surface area contributed by atoms with E-state index in [0.717, 1.165) is 0 Å². The van der Waals surface area contributed by atoms with Crippen LogP contribution in [0.5, 0.6) is 11.5 Å². The van der Waals surface area contributed by atoms with Crippen molar-refractivity contribution in [2.75, 3.05) is 13.7 Å². The zero-order chi connectivity index (χ0) is 10.4. The molecule has 0 unspecified atom stereocenters. The second-order valence-corrected chi connectivity index (χ2v) is 2.74. The molecule has 0 aromatic heterocycles. The zero-order valence-corrected chi connectivity index (χ0v) is 8.19. The van der Waals surface area contributed by atoms with Crippen LogP contribution in [-0.4, -0.2) is 26.7 Å². The predicted molar refractivity (Wildman–Crippen MR) is 55.0 cm³/mol. The quantitative estimate of drug-likeness (QED) is 0.711. The van der Waals surface area contributed by atoms with Gasteiger partial charge in [0.1, 0.15) is 0 Å². The Morgan fingerprint density at radius 3 is 2.79 bits per heavy atom. The second-order valence-electron chi connectivity index (χ2n) is 2.74. The Labute approximate surface area is 85.1 Å². The third kappa shape index (κ3) is 2.42. The van der Waals surface area contributed by atoms with Gasteiger partial charge in [0.05, 0.1) is 28.2 Å². The number of para-hydroxylation sites is 1. The van der Waals surface area contributed by atoms with Crippen LogP contribution in [0.4, 0.5) is 0 Å². The van der Waals surface area contributed by atoms with E-state index in [1.54, 1.807) is 25.3 Å². The van der Waals surface area contributed by atoms with Crippen LogP contribution in [0.1, 0.15) is 5.56 Å². The normalized spacial score (nSPS) is 9.86. The second kappa shape index (κ2) is 5.55. The van der Waals surface area contributed by atoms with Crippen LogP contribution in [-0.2, 0) is 6.61 Å². The molecule has 1 N–H and O–H groups in total. The Morgan fingerprint density at radius 1 is 1.43 bits per heavy atom. The lowest BCUT2D eigenvalue weighted by atomic mass is 10.1. The van der Waals surface area contributed by atoms with E-state index in [1.165, 1.54) is 0 Å². The molecule has 4 heteroatoms. The van der Waals surface area contributed by atoms with E-state index < -0.39 is 0 Å². The minimum absolute atomic E-state index is 0.0723. The molecule has 0 fully saturated rings. The summed E-state index contributed by atoms with van der Waals surface area (Å²) in [5.41, 5.74) is 0.706. The Balaban J connectivity index is 2.93. The van der Waals surface area contributed by atoms with E-state index in [1.807, 2.05) is 0 Å². The lowest BCUT2D eigenvalue weighted by Gasteiger charge is -2.13. The Bertz CT molecular complexity index is 266. The first kappa shape index (κ1) is 10.9. The lowest BCUT2D eigenvalue weighted by Crippen LogP contribution is -2.01. The van der Waals surface area contributed by atoms with Gasteiger partial charge in [-0.1, -0.05) is 18.5 Å². The minimum atomic E-state index is -0.0723. The highest BCUT2D eigenvalue weighted by molar-refractivity contribution is 6.08.